The van der Waals surface area contributed by atoms with Gasteiger partial charge in [-0.1, -0.05) is 0 Å². The Hall–Kier alpha value is -1.95. The summed E-state index contributed by atoms with van der Waals surface area (Å²) in [5.41, 5.74) is 0.816. The molecule has 2 rings (SSSR count). The molecule has 0 spiro atoms. The van der Waals surface area contributed by atoms with Crippen molar-refractivity contribution in [3.05, 3.63) is 33.9 Å². The van der Waals surface area contributed by atoms with E-state index in [0.29, 0.717) is 19.0 Å². The highest BCUT2D eigenvalue weighted by atomic mass is 16.6. The van der Waals surface area contributed by atoms with Gasteiger partial charge in [0, 0.05) is 30.9 Å². The van der Waals surface area contributed by atoms with Crippen LogP contribution in [0.4, 0.5) is 11.4 Å². The molecule has 21 heavy (non-hydrogen) atoms. The maximum absolute atomic E-state index is 11.6. The van der Waals surface area contributed by atoms with Crippen LogP contribution in [0.25, 0.3) is 0 Å². The largest absolute Gasteiger partial charge is 0.396 e. The van der Waals surface area contributed by atoms with Crippen molar-refractivity contribution in [1.82, 2.24) is 0 Å². The van der Waals surface area contributed by atoms with Crippen molar-refractivity contribution in [2.75, 3.05) is 18.1 Å². The van der Waals surface area contributed by atoms with E-state index in [1.54, 1.807) is 12.1 Å². The summed E-state index contributed by atoms with van der Waals surface area (Å²) >= 11 is 0. The fraction of sp³-hybridized carbons (Fsp3) is 0.533. The zero-order valence-corrected chi connectivity index (χ0v) is 12.1. The van der Waals surface area contributed by atoms with Gasteiger partial charge in [-0.15, -0.1) is 0 Å². The van der Waals surface area contributed by atoms with E-state index in [9.17, 15) is 14.9 Å². The number of aliphatic hydroxyl groups excluding tert-OH is 1. The summed E-state index contributed by atoms with van der Waals surface area (Å²) in [5, 5.41) is 20.0. The lowest BCUT2D eigenvalue weighted by Crippen LogP contribution is -2.41. The fourth-order valence-corrected chi connectivity index (χ4v) is 2.61. The molecule has 0 atom stereocenters. The lowest BCUT2D eigenvalue weighted by atomic mass is 9.90. The summed E-state index contributed by atoms with van der Waals surface area (Å²) in [4.78, 5) is 24.3. The zero-order chi connectivity index (χ0) is 15.4. The Labute approximate surface area is 123 Å². The fourth-order valence-electron chi connectivity index (χ4n) is 2.61. The Morgan fingerprint density at radius 3 is 2.67 bits per heavy atom. The second-order valence-corrected chi connectivity index (χ2v) is 5.37. The first-order valence-corrected chi connectivity index (χ1v) is 7.21. The van der Waals surface area contributed by atoms with Crippen molar-refractivity contribution in [3.8, 4) is 0 Å². The summed E-state index contributed by atoms with van der Waals surface area (Å²) in [6, 6.07) is 5.10. The lowest BCUT2D eigenvalue weighted by molar-refractivity contribution is -0.385. The van der Waals surface area contributed by atoms with Crippen molar-refractivity contribution < 1.29 is 14.8 Å². The normalized spacial score (nSPS) is 14.6. The summed E-state index contributed by atoms with van der Waals surface area (Å²) in [6.45, 7) is 2.14. The molecule has 1 aromatic carbocycles. The molecule has 0 heterocycles. The van der Waals surface area contributed by atoms with Gasteiger partial charge in [0.15, 0.2) is 5.78 Å². The maximum atomic E-state index is 11.6. The third kappa shape index (κ3) is 3.39. The first-order valence-electron chi connectivity index (χ1n) is 7.21. The Morgan fingerprint density at radius 1 is 1.48 bits per heavy atom. The van der Waals surface area contributed by atoms with Crippen LogP contribution in [0.5, 0.6) is 0 Å². The molecule has 1 N–H and O–H groups in total. The van der Waals surface area contributed by atoms with Gasteiger partial charge in [0.1, 0.15) is 0 Å². The summed E-state index contributed by atoms with van der Waals surface area (Å²) in [6.07, 6.45) is 3.98. The van der Waals surface area contributed by atoms with Crippen LogP contribution in [0.1, 0.15) is 43.0 Å². The minimum atomic E-state index is -0.526. The zero-order valence-electron chi connectivity index (χ0n) is 12.1. The number of nitrogens with zero attached hydrogens (tertiary/aromatic N) is 2. The molecule has 6 heteroatoms. The number of carbonyl (C=O) groups excluding carboxylic acids is 1. The van der Waals surface area contributed by atoms with E-state index in [-0.39, 0.29) is 23.6 Å². The topological polar surface area (TPSA) is 83.7 Å². The van der Waals surface area contributed by atoms with Gasteiger partial charge >= 0.3 is 0 Å². The van der Waals surface area contributed by atoms with Crippen LogP contribution in [0, 0.1) is 10.1 Å². The number of aliphatic hydroxyl groups is 1. The number of nitro benzene ring substituents is 1. The molecule has 1 saturated carbocycles. The second-order valence-electron chi connectivity index (χ2n) is 5.37. The molecule has 114 valence electrons. The van der Waals surface area contributed by atoms with Crippen molar-refractivity contribution in [2.45, 2.75) is 38.6 Å². The first-order chi connectivity index (χ1) is 10.0. The van der Waals surface area contributed by atoms with Crippen LogP contribution in [-0.4, -0.2) is 35.0 Å². The highest BCUT2D eigenvalue weighted by Crippen LogP contribution is 2.32. The Morgan fingerprint density at radius 2 is 2.19 bits per heavy atom. The van der Waals surface area contributed by atoms with E-state index < -0.39 is 4.92 Å². The number of rotatable bonds is 7. The smallest absolute Gasteiger partial charge is 0.280 e. The van der Waals surface area contributed by atoms with Crippen LogP contribution < -0.4 is 4.90 Å². The van der Waals surface area contributed by atoms with Gasteiger partial charge in [-0.25, -0.2) is 0 Å². The van der Waals surface area contributed by atoms with Gasteiger partial charge in [0.05, 0.1) is 10.5 Å². The molecule has 0 aromatic heterocycles. The number of nitro groups is 1. The average molecular weight is 292 g/mol. The van der Waals surface area contributed by atoms with E-state index in [4.69, 9.17) is 5.11 Å². The molecule has 1 fully saturated rings. The highest BCUT2D eigenvalue weighted by Gasteiger charge is 2.27. The average Bonchev–Trinajstić information content (AvgIpc) is 2.40. The molecule has 0 radical (unpaired) electrons. The minimum Gasteiger partial charge on any atom is -0.396 e. The van der Waals surface area contributed by atoms with Crippen LogP contribution >= 0.6 is 0 Å². The summed E-state index contributed by atoms with van der Waals surface area (Å²) in [5.74, 6) is -0.306. The van der Waals surface area contributed by atoms with E-state index in [0.717, 1.165) is 18.5 Å². The van der Waals surface area contributed by atoms with Crippen molar-refractivity contribution in [1.29, 1.82) is 0 Å². The van der Waals surface area contributed by atoms with Crippen molar-refractivity contribution >= 4 is 17.2 Å². The number of ketones is 1. The quantitative estimate of drug-likeness (QED) is 0.474. The summed E-state index contributed by atoms with van der Waals surface area (Å²) in [7, 11) is 0. The highest BCUT2D eigenvalue weighted by molar-refractivity contribution is 5.99. The molecule has 1 aromatic rings. The summed E-state index contributed by atoms with van der Waals surface area (Å²) < 4.78 is 0. The predicted molar refractivity (Wildman–Crippen MR) is 79.8 cm³/mol. The molecule has 0 saturated heterocycles. The number of anilines is 1. The standard InChI is InChI=1S/C15H20N2O4/c1-11(19)14-10-13(6-7-15(14)17(20)21)16(8-3-9-18)12-4-2-5-12/h6-7,10,12,18H,2-5,8-9H2,1H3. The predicted octanol–water partition coefficient (Wildman–Crippen LogP) is 2.54. The first kappa shape index (κ1) is 15.4. The van der Waals surface area contributed by atoms with Crippen LogP contribution in [0.2, 0.25) is 0 Å². The second kappa shape index (κ2) is 6.67. The Kier molecular flexibility index (Phi) is 4.90. The monoisotopic (exact) mass is 292 g/mol. The van der Waals surface area contributed by atoms with E-state index in [1.807, 2.05) is 0 Å². The molecule has 0 amide bonds. The van der Waals surface area contributed by atoms with Crippen LogP contribution in [-0.2, 0) is 0 Å². The number of hydrogen-bond donors (Lipinski definition) is 1. The molecular formula is C15H20N2O4. The van der Waals surface area contributed by atoms with E-state index in [2.05, 4.69) is 4.90 Å². The maximum Gasteiger partial charge on any atom is 0.280 e. The van der Waals surface area contributed by atoms with E-state index >= 15 is 0 Å². The van der Waals surface area contributed by atoms with E-state index in [1.165, 1.54) is 19.4 Å². The van der Waals surface area contributed by atoms with Gasteiger partial charge < -0.3 is 10.0 Å². The van der Waals surface area contributed by atoms with Crippen molar-refractivity contribution in [2.24, 2.45) is 0 Å². The van der Waals surface area contributed by atoms with Gasteiger partial charge in [0.25, 0.3) is 5.69 Å². The third-order valence-corrected chi connectivity index (χ3v) is 3.96. The molecule has 0 aliphatic heterocycles. The molecule has 0 bridgehead atoms. The van der Waals surface area contributed by atoms with Gasteiger partial charge in [-0.05, 0) is 44.7 Å². The SMILES string of the molecule is CC(=O)c1cc(N(CCCO)C2CCC2)ccc1[N+](=O)[O-]. The number of hydrogen-bond acceptors (Lipinski definition) is 5. The van der Waals surface area contributed by atoms with Gasteiger partial charge in [-0.2, -0.15) is 0 Å². The molecule has 1 aliphatic carbocycles. The minimum absolute atomic E-state index is 0.107. The molecule has 0 unspecified atom stereocenters. The number of benzene rings is 1. The molecule has 6 nitrogen and oxygen atoms in total. The molecule has 1 aliphatic rings. The van der Waals surface area contributed by atoms with Gasteiger partial charge in [0.2, 0.25) is 0 Å². The lowest BCUT2D eigenvalue weighted by Gasteiger charge is -2.39. The van der Waals surface area contributed by atoms with Crippen LogP contribution in [0.3, 0.4) is 0 Å². The Bertz CT molecular complexity index is 540. The number of carbonyl (C=O) groups is 1. The van der Waals surface area contributed by atoms with Crippen molar-refractivity contribution in [3.63, 3.8) is 0 Å². The Balaban J connectivity index is 2.33. The van der Waals surface area contributed by atoms with Gasteiger partial charge in [-0.3, -0.25) is 14.9 Å². The van der Waals surface area contributed by atoms with Crippen LogP contribution in [0.15, 0.2) is 18.2 Å². The third-order valence-electron chi connectivity index (χ3n) is 3.96. The molecular weight excluding hydrogens is 272 g/mol. The number of Topliss-reactive ketones (excluding diaryl/α,β-unsaturated/α-hetero) is 1.